The number of hydrogen-bond donors (Lipinski definition) is 1. The second-order valence-corrected chi connectivity index (χ2v) is 7.53. The van der Waals surface area contributed by atoms with Gasteiger partial charge in [-0.25, -0.2) is 0 Å². The molecule has 0 aromatic heterocycles. The van der Waals surface area contributed by atoms with E-state index in [1.54, 1.807) is 18.2 Å². The summed E-state index contributed by atoms with van der Waals surface area (Å²) < 4.78 is 11.2. The third-order valence-corrected chi connectivity index (χ3v) is 4.74. The van der Waals surface area contributed by atoms with Gasteiger partial charge in [0.05, 0.1) is 30.7 Å². The average molecular weight is 426 g/mol. The maximum absolute atomic E-state index is 12.9. The Bertz CT molecular complexity index is 976. The van der Waals surface area contributed by atoms with Crippen LogP contribution < -0.4 is 15.0 Å². The fourth-order valence-corrected chi connectivity index (χ4v) is 3.32. The van der Waals surface area contributed by atoms with Crippen molar-refractivity contribution in [3.8, 4) is 11.8 Å². The van der Waals surface area contributed by atoms with Crippen LogP contribution in [0.15, 0.2) is 48.0 Å². The fraction of sp³-hybridized carbons (Fsp3) is 0.304. The number of nitrogens with zero attached hydrogens (tertiary/aromatic N) is 2. The third kappa shape index (κ3) is 5.53. The van der Waals surface area contributed by atoms with E-state index in [0.717, 1.165) is 5.69 Å². The first-order valence-electron chi connectivity index (χ1n) is 9.79. The van der Waals surface area contributed by atoms with Crippen molar-refractivity contribution in [2.45, 2.75) is 20.0 Å². The SMILES string of the molecule is CC(C)Oc1ccccc1/C=C(/C#N)C(=O)Nc1cc(Cl)ccc1N1CCOCC1. The van der Waals surface area contributed by atoms with E-state index in [4.69, 9.17) is 21.1 Å². The average Bonchev–Trinajstić information content (AvgIpc) is 2.73. The molecule has 30 heavy (non-hydrogen) atoms. The Morgan fingerprint density at radius 3 is 2.70 bits per heavy atom. The Morgan fingerprint density at radius 2 is 2.00 bits per heavy atom. The predicted molar refractivity (Wildman–Crippen MR) is 119 cm³/mol. The van der Waals surface area contributed by atoms with Gasteiger partial charge in [0.1, 0.15) is 17.4 Å². The minimum Gasteiger partial charge on any atom is -0.490 e. The lowest BCUT2D eigenvalue weighted by atomic mass is 10.1. The maximum atomic E-state index is 12.9. The van der Waals surface area contributed by atoms with Gasteiger partial charge >= 0.3 is 0 Å². The maximum Gasteiger partial charge on any atom is 0.266 e. The summed E-state index contributed by atoms with van der Waals surface area (Å²) in [5.74, 6) is 0.110. The summed E-state index contributed by atoms with van der Waals surface area (Å²) in [5.41, 5.74) is 2.04. The van der Waals surface area contributed by atoms with E-state index in [2.05, 4.69) is 10.2 Å². The van der Waals surface area contributed by atoms with E-state index < -0.39 is 5.91 Å². The predicted octanol–water partition coefficient (Wildman–Crippen LogP) is 4.51. The number of carbonyl (C=O) groups is 1. The second-order valence-electron chi connectivity index (χ2n) is 7.09. The Balaban J connectivity index is 1.87. The highest BCUT2D eigenvalue weighted by molar-refractivity contribution is 6.31. The Hall–Kier alpha value is -3.01. The molecule has 1 amide bonds. The molecule has 1 N–H and O–H groups in total. The molecule has 0 radical (unpaired) electrons. The molecule has 2 aromatic rings. The lowest BCUT2D eigenvalue weighted by Gasteiger charge is -2.30. The van der Waals surface area contributed by atoms with Gasteiger partial charge in [0.2, 0.25) is 0 Å². The number of nitriles is 1. The van der Waals surface area contributed by atoms with Crippen molar-refractivity contribution in [1.29, 1.82) is 5.26 Å². The molecule has 0 unspecified atom stereocenters. The normalized spacial score (nSPS) is 14.4. The molecule has 0 atom stereocenters. The van der Waals surface area contributed by atoms with Gasteiger partial charge in [-0.2, -0.15) is 5.26 Å². The number of amides is 1. The fourth-order valence-electron chi connectivity index (χ4n) is 3.14. The quantitative estimate of drug-likeness (QED) is 0.544. The second kappa shape index (κ2) is 10.1. The largest absolute Gasteiger partial charge is 0.490 e. The highest BCUT2D eigenvalue weighted by atomic mass is 35.5. The van der Waals surface area contributed by atoms with Gasteiger partial charge < -0.3 is 19.7 Å². The van der Waals surface area contributed by atoms with Gasteiger partial charge in [0.15, 0.2) is 0 Å². The molecule has 2 aromatic carbocycles. The van der Waals surface area contributed by atoms with Crippen LogP contribution in [0.3, 0.4) is 0 Å². The number of anilines is 2. The molecular weight excluding hydrogens is 402 g/mol. The molecule has 3 rings (SSSR count). The number of morpholine rings is 1. The zero-order valence-corrected chi connectivity index (χ0v) is 17.8. The van der Waals surface area contributed by atoms with E-state index in [1.807, 2.05) is 44.2 Å². The lowest BCUT2D eigenvalue weighted by Crippen LogP contribution is -2.36. The number of rotatable bonds is 6. The topological polar surface area (TPSA) is 74.6 Å². The van der Waals surface area contributed by atoms with Crippen molar-refractivity contribution in [3.05, 3.63) is 58.6 Å². The van der Waals surface area contributed by atoms with E-state index in [-0.39, 0.29) is 11.7 Å². The molecule has 0 spiro atoms. The van der Waals surface area contributed by atoms with Crippen LogP contribution in [0.4, 0.5) is 11.4 Å². The van der Waals surface area contributed by atoms with Crippen LogP contribution in [0.5, 0.6) is 5.75 Å². The number of benzene rings is 2. The van der Waals surface area contributed by atoms with Gasteiger partial charge in [-0.3, -0.25) is 4.79 Å². The van der Waals surface area contributed by atoms with Crippen molar-refractivity contribution >= 4 is 35.0 Å². The third-order valence-electron chi connectivity index (χ3n) is 4.51. The highest BCUT2D eigenvalue weighted by Gasteiger charge is 2.18. The summed E-state index contributed by atoms with van der Waals surface area (Å²) in [5, 5.41) is 13.0. The van der Waals surface area contributed by atoms with Crippen molar-refractivity contribution < 1.29 is 14.3 Å². The van der Waals surface area contributed by atoms with Crippen molar-refractivity contribution in [2.75, 3.05) is 36.5 Å². The van der Waals surface area contributed by atoms with Crippen LogP contribution in [0.25, 0.3) is 6.08 Å². The van der Waals surface area contributed by atoms with E-state index in [0.29, 0.717) is 48.3 Å². The Morgan fingerprint density at radius 1 is 1.27 bits per heavy atom. The van der Waals surface area contributed by atoms with Gasteiger partial charge in [0, 0.05) is 23.7 Å². The molecular formula is C23H24ClN3O3. The van der Waals surface area contributed by atoms with Gasteiger partial charge in [0.25, 0.3) is 5.91 Å². The number of para-hydroxylation sites is 1. The van der Waals surface area contributed by atoms with Crippen LogP contribution in [-0.2, 0) is 9.53 Å². The zero-order chi connectivity index (χ0) is 21.5. The van der Waals surface area contributed by atoms with E-state index >= 15 is 0 Å². The summed E-state index contributed by atoms with van der Waals surface area (Å²) >= 11 is 6.16. The monoisotopic (exact) mass is 425 g/mol. The molecule has 1 fully saturated rings. The van der Waals surface area contributed by atoms with Crippen LogP contribution in [0, 0.1) is 11.3 Å². The Labute approximate surface area is 181 Å². The number of carbonyl (C=O) groups excluding carboxylic acids is 1. The van der Waals surface area contributed by atoms with Crippen LogP contribution >= 0.6 is 11.6 Å². The van der Waals surface area contributed by atoms with Crippen molar-refractivity contribution in [3.63, 3.8) is 0 Å². The van der Waals surface area contributed by atoms with Crippen molar-refractivity contribution in [1.82, 2.24) is 0 Å². The summed E-state index contributed by atoms with van der Waals surface area (Å²) in [7, 11) is 0. The first kappa shape index (κ1) is 21.7. The number of nitrogens with one attached hydrogen (secondary N) is 1. The molecule has 156 valence electrons. The molecule has 0 saturated carbocycles. The van der Waals surface area contributed by atoms with E-state index in [1.165, 1.54) is 6.08 Å². The van der Waals surface area contributed by atoms with Gasteiger partial charge in [-0.1, -0.05) is 29.8 Å². The minimum absolute atomic E-state index is 0.0253. The van der Waals surface area contributed by atoms with Gasteiger partial charge in [-0.15, -0.1) is 0 Å². The highest BCUT2D eigenvalue weighted by Crippen LogP contribution is 2.30. The first-order chi connectivity index (χ1) is 14.5. The molecule has 1 aliphatic rings. The van der Waals surface area contributed by atoms with Gasteiger partial charge in [-0.05, 0) is 44.2 Å². The molecule has 1 saturated heterocycles. The van der Waals surface area contributed by atoms with E-state index in [9.17, 15) is 10.1 Å². The lowest BCUT2D eigenvalue weighted by molar-refractivity contribution is -0.112. The number of halogens is 1. The molecule has 1 heterocycles. The molecule has 0 bridgehead atoms. The molecule has 6 nitrogen and oxygen atoms in total. The summed E-state index contributed by atoms with van der Waals surface area (Å²) in [4.78, 5) is 15.0. The summed E-state index contributed by atoms with van der Waals surface area (Å²) in [6.07, 6.45) is 1.51. The summed E-state index contributed by atoms with van der Waals surface area (Å²) in [6, 6.07) is 14.6. The molecule has 1 aliphatic heterocycles. The number of ether oxygens (including phenoxy) is 2. The zero-order valence-electron chi connectivity index (χ0n) is 17.0. The standard InChI is InChI=1S/C23H24ClN3O3/c1-16(2)30-22-6-4-3-5-17(22)13-18(15-25)23(28)26-20-14-19(24)7-8-21(20)27-9-11-29-12-10-27/h3-8,13-14,16H,9-12H2,1-2H3,(H,26,28)/b18-13-. The first-order valence-corrected chi connectivity index (χ1v) is 10.2. The van der Waals surface area contributed by atoms with Crippen LogP contribution in [-0.4, -0.2) is 38.3 Å². The molecule has 0 aliphatic carbocycles. The molecule has 7 heteroatoms. The van der Waals surface area contributed by atoms with Crippen molar-refractivity contribution in [2.24, 2.45) is 0 Å². The number of hydrogen-bond acceptors (Lipinski definition) is 5. The summed E-state index contributed by atoms with van der Waals surface area (Å²) in [6.45, 7) is 6.50. The smallest absolute Gasteiger partial charge is 0.266 e. The Kier molecular flexibility index (Phi) is 7.34. The van der Waals surface area contributed by atoms with Crippen LogP contribution in [0.2, 0.25) is 5.02 Å². The van der Waals surface area contributed by atoms with Crippen LogP contribution in [0.1, 0.15) is 19.4 Å². The minimum atomic E-state index is -0.506.